The number of hydrogen-bond acceptors (Lipinski definition) is 4. The topological polar surface area (TPSA) is 56.0 Å². The third-order valence-corrected chi connectivity index (χ3v) is 2.70. The smallest absolute Gasteiger partial charge is 0.258 e. The molecule has 2 aromatic rings. The fraction of sp³-hybridized carbons (Fsp3) is 0. The Morgan fingerprint density at radius 2 is 2.12 bits per heavy atom. The van der Waals surface area contributed by atoms with Crippen molar-refractivity contribution in [2.24, 2.45) is 0 Å². The van der Waals surface area contributed by atoms with Gasteiger partial charge in [-0.25, -0.2) is 4.98 Å². The molecule has 0 bridgehead atoms. The summed E-state index contributed by atoms with van der Waals surface area (Å²) in [6.07, 6.45) is 3.11. The Balaban J connectivity index is 2.43. The average Bonchev–Trinajstić information content (AvgIpc) is 2.79. The van der Waals surface area contributed by atoms with Crippen molar-refractivity contribution in [3.05, 3.63) is 62.6 Å². The third kappa shape index (κ3) is 2.32. The highest BCUT2D eigenvalue weighted by Crippen LogP contribution is 2.19. The molecule has 0 aliphatic carbocycles. The number of hydrogen-bond donors (Lipinski definition) is 0. The van der Waals surface area contributed by atoms with E-state index in [0.29, 0.717) is 10.6 Å². The summed E-state index contributed by atoms with van der Waals surface area (Å²) in [4.78, 5) is 14.5. The van der Waals surface area contributed by atoms with Crippen LogP contribution in [0.2, 0.25) is 0 Å². The van der Waals surface area contributed by atoms with Crippen molar-refractivity contribution < 1.29 is 4.92 Å². The van der Waals surface area contributed by atoms with Crippen LogP contribution in [0.25, 0.3) is 11.8 Å². The molecule has 4 nitrogen and oxygen atoms in total. The molecule has 1 aromatic heterocycles. The number of benzene rings is 1. The van der Waals surface area contributed by atoms with Gasteiger partial charge in [0.05, 0.1) is 16.6 Å². The molecule has 16 heavy (non-hydrogen) atoms. The molecule has 0 unspecified atom stereocenters. The van der Waals surface area contributed by atoms with Crippen molar-refractivity contribution in [1.82, 2.24) is 4.98 Å². The lowest BCUT2D eigenvalue weighted by Gasteiger charge is -1.96. The second-order valence-electron chi connectivity index (χ2n) is 3.02. The normalized spacial score (nSPS) is 11.4. The molecule has 0 atom stereocenters. The van der Waals surface area contributed by atoms with Gasteiger partial charge in [-0.2, -0.15) is 0 Å². The van der Waals surface area contributed by atoms with Crippen molar-refractivity contribution in [3.8, 4) is 0 Å². The first-order valence-electron chi connectivity index (χ1n) is 4.58. The van der Waals surface area contributed by atoms with Crippen molar-refractivity contribution in [3.63, 3.8) is 0 Å². The molecule has 1 aromatic carbocycles. The highest BCUT2D eigenvalue weighted by atomic mass is 32.1. The molecule has 2 rings (SSSR count). The molecule has 0 fully saturated rings. The van der Waals surface area contributed by atoms with Crippen LogP contribution >= 0.6 is 11.3 Å². The van der Waals surface area contributed by atoms with Gasteiger partial charge in [-0.3, -0.25) is 10.1 Å². The van der Waals surface area contributed by atoms with Crippen LogP contribution in [0.5, 0.6) is 0 Å². The molecule has 0 amide bonds. The summed E-state index contributed by atoms with van der Waals surface area (Å²) < 4.78 is 0. The van der Waals surface area contributed by atoms with E-state index in [4.69, 9.17) is 0 Å². The van der Waals surface area contributed by atoms with Crippen LogP contribution in [0.1, 0.15) is 10.6 Å². The molecule has 0 radical (unpaired) electrons. The standard InChI is InChI=1S/C11H8N2O2S/c14-13(15)10(8-11-12-6-7-16-11)9-4-2-1-3-5-9/h1-8H/b10-8+. The minimum atomic E-state index is -0.392. The molecule has 0 aliphatic rings. The Morgan fingerprint density at radius 3 is 2.69 bits per heavy atom. The minimum Gasteiger partial charge on any atom is -0.258 e. The lowest BCUT2D eigenvalue weighted by molar-refractivity contribution is -0.374. The maximum Gasteiger partial charge on any atom is 0.279 e. The van der Waals surface area contributed by atoms with Crippen molar-refractivity contribution >= 4 is 23.1 Å². The minimum absolute atomic E-state index is 0.0653. The van der Waals surface area contributed by atoms with Gasteiger partial charge < -0.3 is 0 Å². The van der Waals surface area contributed by atoms with E-state index < -0.39 is 4.92 Å². The predicted molar refractivity (Wildman–Crippen MR) is 63.4 cm³/mol. The van der Waals surface area contributed by atoms with Crippen LogP contribution in [-0.2, 0) is 0 Å². The summed E-state index contributed by atoms with van der Waals surface area (Å²) in [6, 6.07) is 8.79. The SMILES string of the molecule is O=[N+]([O-])/C(=C/c1nccs1)c1ccccc1. The first kappa shape index (κ1) is 10.5. The lowest BCUT2D eigenvalue weighted by Crippen LogP contribution is -1.97. The highest BCUT2D eigenvalue weighted by Gasteiger charge is 2.13. The second kappa shape index (κ2) is 4.67. The largest absolute Gasteiger partial charge is 0.279 e. The highest BCUT2D eigenvalue weighted by molar-refractivity contribution is 7.10. The quantitative estimate of drug-likeness (QED) is 0.604. The fourth-order valence-corrected chi connectivity index (χ4v) is 1.84. The van der Waals surface area contributed by atoms with Gasteiger partial charge in [0.2, 0.25) is 0 Å². The van der Waals surface area contributed by atoms with Crippen LogP contribution < -0.4 is 0 Å². The first-order valence-corrected chi connectivity index (χ1v) is 5.46. The van der Waals surface area contributed by atoms with E-state index in [1.165, 1.54) is 17.4 Å². The number of nitrogens with zero attached hydrogens (tertiary/aromatic N) is 2. The molecule has 0 saturated heterocycles. The van der Waals surface area contributed by atoms with Gasteiger partial charge in [0.15, 0.2) is 0 Å². The molecule has 80 valence electrons. The van der Waals surface area contributed by atoms with Gasteiger partial charge in [-0.05, 0) is 12.1 Å². The van der Waals surface area contributed by atoms with Crippen LogP contribution in [-0.4, -0.2) is 9.91 Å². The molecule has 0 spiro atoms. The number of rotatable bonds is 3. The molecular formula is C11H8N2O2S. The first-order chi connectivity index (χ1) is 7.77. The van der Waals surface area contributed by atoms with Gasteiger partial charge in [0.1, 0.15) is 5.01 Å². The van der Waals surface area contributed by atoms with Crippen molar-refractivity contribution in [1.29, 1.82) is 0 Å². The summed E-state index contributed by atoms with van der Waals surface area (Å²) in [5.41, 5.74) is 0.651. The summed E-state index contributed by atoms with van der Waals surface area (Å²) in [7, 11) is 0. The van der Waals surface area contributed by atoms with Crippen molar-refractivity contribution in [2.75, 3.05) is 0 Å². The Bertz CT molecular complexity index is 506. The average molecular weight is 232 g/mol. The molecule has 1 heterocycles. The molecule has 0 saturated carbocycles. The summed E-state index contributed by atoms with van der Waals surface area (Å²) in [5, 5.41) is 13.4. The number of aromatic nitrogens is 1. The van der Waals surface area contributed by atoms with E-state index in [1.54, 1.807) is 35.8 Å². The number of thiazole rings is 1. The van der Waals surface area contributed by atoms with E-state index in [0.717, 1.165) is 0 Å². The Hall–Kier alpha value is -2.01. The van der Waals surface area contributed by atoms with Gasteiger partial charge in [-0.15, -0.1) is 11.3 Å². The van der Waals surface area contributed by atoms with Gasteiger partial charge in [-0.1, -0.05) is 18.2 Å². The molecule has 5 heteroatoms. The van der Waals surface area contributed by atoms with Crippen LogP contribution in [0.3, 0.4) is 0 Å². The zero-order chi connectivity index (χ0) is 11.4. The fourth-order valence-electron chi connectivity index (χ4n) is 1.27. The van der Waals surface area contributed by atoms with Gasteiger partial charge >= 0.3 is 0 Å². The maximum absolute atomic E-state index is 10.9. The van der Waals surface area contributed by atoms with Crippen LogP contribution in [0, 0.1) is 10.1 Å². The van der Waals surface area contributed by atoms with E-state index in [2.05, 4.69) is 4.98 Å². The van der Waals surface area contributed by atoms with E-state index in [9.17, 15) is 10.1 Å². The Labute approximate surface area is 96.0 Å². The molecule has 0 aliphatic heterocycles. The van der Waals surface area contributed by atoms with Gasteiger partial charge in [0, 0.05) is 11.6 Å². The summed E-state index contributed by atoms with van der Waals surface area (Å²) in [5.74, 6) is 0. The van der Waals surface area contributed by atoms with Crippen LogP contribution in [0.15, 0.2) is 41.9 Å². The number of nitro groups is 1. The second-order valence-corrected chi connectivity index (χ2v) is 3.95. The lowest BCUT2D eigenvalue weighted by atomic mass is 10.1. The molecular weight excluding hydrogens is 224 g/mol. The zero-order valence-electron chi connectivity index (χ0n) is 8.24. The third-order valence-electron chi connectivity index (χ3n) is 1.98. The maximum atomic E-state index is 10.9. The molecule has 0 N–H and O–H groups in total. The zero-order valence-corrected chi connectivity index (χ0v) is 9.05. The monoisotopic (exact) mass is 232 g/mol. The van der Waals surface area contributed by atoms with Crippen molar-refractivity contribution in [2.45, 2.75) is 0 Å². The Morgan fingerprint density at radius 1 is 1.38 bits per heavy atom. The van der Waals surface area contributed by atoms with E-state index in [-0.39, 0.29) is 5.70 Å². The van der Waals surface area contributed by atoms with E-state index in [1.807, 2.05) is 6.07 Å². The summed E-state index contributed by atoms with van der Waals surface area (Å²) >= 11 is 1.37. The summed E-state index contributed by atoms with van der Waals surface area (Å²) in [6.45, 7) is 0. The predicted octanol–water partition coefficient (Wildman–Crippen LogP) is 2.92. The Kier molecular flexibility index (Phi) is 3.07. The van der Waals surface area contributed by atoms with E-state index >= 15 is 0 Å². The van der Waals surface area contributed by atoms with Gasteiger partial charge in [0.25, 0.3) is 5.70 Å². The van der Waals surface area contributed by atoms with Crippen LogP contribution in [0.4, 0.5) is 0 Å².